The molecule has 21 heavy (non-hydrogen) atoms. The fraction of sp³-hybridized carbons (Fsp3) is 0.267. The Morgan fingerprint density at radius 3 is 2.76 bits per heavy atom. The zero-order valence-corrected chi connectivity index (χ0v) is 12.6. The molecule has 0 aliphatic rings. The van der Waals surface area contributed by atoms with Crippen molar-refractivity contribution in [3.8, 4) is 0 Å². The van der Waals surface area contributed by atoms with E-state index in [1.165, 1.54) is 16.2 Å². The summed E-state index contributed by atoms with van der Waals surface area (Å²) >= 11 is 1.33. The number of amides is 1. The first kappa shape index (κ1) is 15.2. The van der Waals surface area contributed by atoms with Gasteiger partial charge in [-0.15, -0.1) is 11.3 Å². The van der Waals surface area contributed by atoms with Crippen molar-refractivity contribution in [2.24, 2.45) is 5.92 Å². The number of aliphatic carboxylic acids is 1. The Balaban J connectivity index is 2.34. The van der Waals surface area contributed by atoms with Gasteiger partial charge in [0.15, 0.2) is 0 Å². The number of carboxylic acids is 1. The average Bonchev–Trinajstić information content (AvgIpc) is 2.97. The van der Waals surface area contributed by atoms with Gasteiger partial charge in [-0.1, -0.05) is 13.0 Å². The number of aryl methyl sites for hydroxylation is 1. The van der Waals surface area contributed by atoms with Crippen LogP contribution in [0.25, 0.3) is 0 Å². The van der Waals surface area contributed by atoms with Crippen LogP contribution in [0.5, 0.6) is 0 Å². The molecule has 0 bridgehead atoms. The molecule has 0 aliphatic carbocycles. The lowest BCUT2D eigenvalue weighted by atomic mass is 10.1. The Morgan fingerprint density at radius 2 is 2.19 bits per heavy atom. The Kier molecular flexibility index (Phi) is 4.70. The molecular formula is C15H16N2O3S. The summed E-state index contributed by atoms with van der Waals surface area (Å²) < 4.78 is 0. The first-order chi connectivity index (χ1) is 9.99. The monoisotopic (exact) mass is 304 g/mol. The van der Waals surface area contributed by atoms with Gasteiger partial charge in [-0.25, -0.2) is 4.98 Å². The molecule has 1 amide bonds. The second-order valence-corrected chi connectivity index (χ2v) is 5.77. The second kappa shape index (κ2) is 6.49. The smallest absolute Gasteiger partial charge is 0.308 e. The molecule has 0 aromatic carbocycles. The Labute approximate surface area is 126 Å². The number of pyridine rings is 1. The van der Waals surface area contributed by atoms with Crippen molar-refractivity contribution in [2.75, 3.05) is 11.4 Å². The van der Waals surface area contributed by atoms with Crippen LogP contribution in [0.15, 0.2) is 35.8 Å². The van der Waals surface area contributed by atoms with Gasteiger partial charge >= 0.3 is 5.97 Å². The van der Waals surface area contributed by atoms with E-state index in [1.54, 1.807) is 31.3 Å². The molecule has 0 radical (unpaired) electrons. The van der Waals surface area contributed by atoms with E-state index in [-0.39, 0.29) is 12.5 Å². The highest BCUT2D eigenvalue weighted by Gasteiger charge is 2.24. The van der Waals surface area contributed by atoms with E-state index in [9.17, 15) is 9.59 Å². The van der Waals surface area contributed by atoms with E-state index in [2.05, 4.69) is 4.98 Å². The van der Waals surface area contributed by atoms with Gasteiger partial charge in [-0.05, 0) is 36.1 Å². The Hall–Kier alpha value is -2.21. The van der Waals surface area contributed by atoms with Crippen molar-refractivity contribution < 1.29 is 14.7 Å². The molecule has 2 heterocycles. The first-order valence-electron chi connectivity index (χ1n) is 6.50. The normalized spacial score (nSPS) is 11.9. The highest BCUT2D eigenvalue weighted by molar-refractivity contribution is 7.12. The summed E-state index contributed by atoms with van der Waals surface area (Å²) in [6, 6.07) is 7.12. The van der Waals surface area contributed by atoms with Crippen LogP contribution in [-0.4, -0.2) is 28.5 Å². The van der Waals surface area contributed by atoms with E-state index in [0.29, 0.717) is 10.7 Å². The van der Waals surface area contributed by atoms with Crippen molar-refractivity contribution >= 4 is 29.0 Å². The number of rotatable bonds is 5. The average molecular weight is 304 g/mol. The number of carbonyl (C=O) groups is 2. The summed E-state index contributed by atoms with van der Waals surface area (Å²) in [5.41, 5.74) is 0.965. The quantitative estimate of drug-likeness (QED) is 0.922. The number of nitrogens with zero attached hydrogens (tertiary/aromatic N) is 2. The van der Waals surface area contributed by atoms with Crippen molar-refractivity contribution in [1.29, 1.82) is 0 Å². The van der Waals surface area contributed by atoms with E-state index < -0.39 is 11.9 Å². The summed E-state index contributed by atoms with van der Waals surface area (Å²) in [4.78, 5) is 29.9. The maximum absolute atomic E-state index is 12.6. The van der Waals surface area contributed by atoms with Gasteiger partial charge in [0.05, 0.1) is 10.8 Å². The van der Waals surface area contributed by atoms with Crippen LogP contribution in [0.1, 0.15) is 22.2 Å². The second-order valence-electron chi connectivity index (χ2n) is 4.82. The van der Waals surface area contributed by atoms with Gasteiger partial charge in [0.1, 0.15) is 5.82 Å². The third-order valence-electron chi connectivity index (χ3n) is 3.03. The number of carboxylic acid groups (broad SMARTS) is 1. The van der Waals surface area contributed by atoms with Crippen molar-refractivity contribution in [2.45, 2.75) is 13.8 Å². The van der Waals surface area contributed by atoms with Crippen molar-refractivity contribution in [3.05, 3.63) is 46.3 Å². The lowest BCUT2D eigenvalue weighted by Gasteiger charge is -2.23. The number of aromatic nitrogens is 1. The summed E-state index contributed by atoms with van der Waals surface area (Å²) in [6.07, 6.45) is 1.62. The van der Waals surface area contributed by atoms with Crippen LogP contribution in [0.3, 0.4) is 0 Å². The molecule has 0 saturated heterocycles. The molecule has 2 rings (SSSR count). The van der Waals surface area contributed by atoms with Crippen LogP contribution >= 0.6 is 11.3 Å². The van der Waals surface area contributed by atoms with Gasteiger partial charge in [0.25, 0.3) is 5.91 Å². The standard InChI is InChI=1S/C15H16N2O3S/c1-10-5-6-16-13(8-10)17(9-11(2)15(19)20)14(18)12-4-3-7-21-12/h3-8,11H,9H2,1-2H3,(H,19,20). The van der Waals surface area contributed by atoms with Gasteiger partial charge in [0, 0.05) is 12.7 Å². The van der Waals surface area contributed by atoms with Crippen LogP contribution < -0.4 is 4.90 Å². The van der Waals surface area contributed by atoms with Crippen LogP contribution in [0.4, 0.5) is 5.82 Å². The zero-order valence-electron chi connectivity index (χ0n) is 11.8. The maximum Gasteiger partial charge on any atom is 0.308 e. The molecule has 2 aromatic rings. The van der Waals surface area contributed by atoms with Gasteiger partial charge in [-0.2, -0.15) is 0 Å². The minimum absolute atomic E-state index is 0.0858. The molecule has 0 aliphatic heterocycles. The summed E-state index contributed by atoms with van der Waals surface area (Å²) in [6.45, 7) is 3.56. The fourth-order valence-electron chi connectivity index (χ4n) is 1.83. The molecule has 0 spiro atoms. The predicted octanol–water partition coefficient (Wildman–Crippen LogP) is 2.82. The van der Waals surface area contributed by atoms with E-state index in [4.69, 9.17) is 5.11 Å². The molecule has 1 N–H and O–H groups in total. The highest BCUT2D eigenvalue weighted by Crippen LogP contribution is 2.20. The summed E-state index contributed by atoms with van der Waals surface area (Å²) in [5.74, 6) is -1.36. The van der Waals surface area contributed by atoms with E-state index in [0.717, 1.165) is 5.56 Å². The molecule has 2 aromatic heterocycles. The lowest BCUT2D eigenvalue weighted by Crippen LogP contribution is -2.37. The van der Waals surface area contributed by atoms with Gasteiger partial charge in [0.2, 0.25) is 0 Å². The highest BCUT2D eigenvalue weighted by atomic mass is 32.1. The van der Waals surface area contributed by atoms with Crippen LogP contribution in [-0.2, 0) is 4.79 Å². The largest absolute Gasteiger partial charge is 0.481 e. The molecule has 1 unspecified atom stereocenters. The van der Waals surface area contributed by atoms with Crippen LogP contribution in [0.2, 0.25) is 0 Å². The number of anilines is 1. The molecule has 6 heteroatoms. The SMILES string of the molecule is Cc1ccnc(N(CC(C)C(=O)O)C(=O)c2cccs2)c1. The van der Waals surface area contributed by atoms with E-state index in [1.807, 2.05) is 18.4 Å². The van der Waals surface area contributed by atoms with E-state index >= 15 is 0 Å². The zero-order chi connectivity index (χ0) is 15.4. The topological polar surface area (TPSA) is 70.5 Å². The summed E-state index contributed by atoms with van der Waals surface area (Å²) in [7, 11) is 0. The third-order valence-corrected chi connectivity index (χ3v) is 3.89. The predicted molar refractivity (Wildman–Crippen MR) is 81.8 cm³/mol. The number of thiophene rings is 1. The lowest BCUT2D eigenvalue weighted by molar-refractivity contribution is -0.140. The number of hydrogen-bond acceptors (Lipinski definition) is 4. The molecule has 110 valence electrons. The molecular weight excluding hydrogens is 288 g/mol. The van der Waals surface area contributed by atoms with Gasteiger partial charge in [-0.3, -0.25) is 14.5 Å². The molecule has 0 saturated carbocycles. The van der Waals surface area contributed by atoms with Crippen LogP contribution in [0, 0.1) is 12.8 Å². The first-order valence-corrected chi connectivity index (χ1v) is 7.38. The maximum atomic E-state index is 12.6. The number of hydrogen-bond donors (Lipinski definition) is 1. The Bertz CT molecular complexity index is 640. The minimum atomic E-state index is -0.938. The number of carbonyl (C=O) groups excluding carboxylic acids is 1. The molecule has 5 nitrogen and oxygen atoms in total. The molecule has 1 atom stereocenters. The minimum Gasteiger partial charge on any atom is -0.481 e. The summed E-state index contributed by atoms with van der Waals surface area (Å²) in [5, 5.41) is 10.9. The fourth-order valence-corrected chi connectivity index (χ4v) is 2.51. The molecule has 0 fully saturated rings. The van der Waals surface area contributed by atoms with Crippen molar-refractivity contribution in [3.63, 3.8) is 0 Å². The van der Waals surface area contributed by atoms with Crippen molar-refractivity contribution in [1.82, 2.24) is 4.98 Å². The Morgan fingerprint density at radius 1 is 1.43 bits per heavy atom. The third kappa shape index (κ3) is 3.66. The van der Waals surface area contributed by atoms with Gasteiger partial charge < -0.3 is 5.11 Å².